The lowest BCUT2D eigenvalue weighted by molar-refractivity contribution is -0.154. The van der Waals surface area contributed by atoms with Gasteiger partial charge >= 0.3 is 0 Å². The lowest BCUT2D eigenvalue weighted by Crippen LogP contribution is -2.50. The van der Waals surface area contributed by atoms with Gasteiger partial charge in [0, 0.05) is 75.3 Å². The molecule has 11 heteroatoms. The highest BCUT2D eigenvalue weighted by Crippen LogP contribution is 2.65. The van der Waals surface area contributed by atoms with E-state index in [0.29, 0.717) is 44.9 Å². The summed E-state index contributed by atoms with van der Waals surface area (Å²) < 4.78 is 30.8. The first-order chi connectivity index (χ1) is 25.3. The summed E-state index contributed by atoms with van der Waals surface area (Å²) in [6.45, 7) is 10.3. The highest BCUT2D eigenvalue weighted by atomic mass is 19.3. The van der Waals surface area contributed by atoms with Gasteiger partial charge in [-0.1, -0.05) is 53.9 Å². The van der Waals surface area contributed by atoms with Gasteiger partial charge in [-0.3, -0.25) is 38.5 Å². The van der Waals surface area contributed by atoms with Crippen molar-refractivity contribution in [2.45, 2.75) is 156 Å². The average Bonchev–Trinajstić information content (AvgIpc) is 3.83. The Kier molecular flexibility index (Phi) is 11.8. The molecule has 54 heavy (non-hydrogen) atoms. The summed E-state index contributed by atoms with van der Waals surface area (Å²) in [5.74, 6) is -7.93. The fourth-order valence-corrected chi connectivity index (χ4v) is 10.3. The molecule has 6 aliphatic rings. The van der Waals surface area contributed by atoms with Crippen LogP contribution >= 0.6 is 0 Å². The van der Waals surface area contributed by atoms with E-state index in [9.17, 15) is 33.6 Å². The van der Waals surface area contributed by atoms with Crippen molar-refractivity contribution in [3.05, 3.63) is 0 Å². The van der Waals surface area contributed by atoms with Crippen LogP contribution in [0.15, 0.2) is 0 Å². The number of piperidine rings is 2. The topological polar surface area (TPSA) is 126 Å². The first-order valence-corrected chi connectivity index (χ1v) is 20.9. The van der Waals surface area contributed by atoms with Gasteiger partial charge in [0.25, 0.3) is 0 Å². The van der Waals surface area contributed by atoms with Gasteiger partial charge in [0.1, 0.15) is 5.78 Å². The predicted molar refractivity (Wildman–Crippen MR) is 197 cm³/mol. The van der Waals surface area contributed by atoms with Gasteiger partial charge in [-0.05, 0) is 85.9 Å². The molecule has 3 amide bonds. The Morgan fingerprint density at radius 1 is 0.815 bits per heavy atom. The molecule has 9 nitrogen and oxygen atoms in total. The van der Waals surface area contributed by atoms with Gasteiger partial charge in [0.2, 0.25) is 29.4 Å². The number of nitrogens with zero attached hydrogens (tertiary/aromatic N) is 2. The number of imide groups is 1. The molecule has 6 fully saturated rings. The predicted octanol–water partition coefficient (Wildman–Crippen LogP) is 7.17. The number of ketones is 4. The lowest BCUT2D eigenvalue weighted by Gasteiger charge is -2.38. The Morgan fingerprint density at radius 2 is 1.46 bits per heavy atom. The Labute approximate surface area is 319 Å². The maximum Gasteiger partial charge on any atom is 0.248 e. The molecule has 2 unspecified atom stereocenters. The van der Waals surface area contributed by atoms with Gasteiger partial charge in [0.15, 0.2) is 11.6 Å². The van der Waals surface area contributed by atoms with E-state index in [1.54, 1.807) is 0 Å². The summed E-state index contributed by atoms with van der Waals surface area (Å²) in [5.41, 5.74) is -0.697. The Balaban J connectivity index is 1.22. The number of alkyl halides is 2. The number of amides is 3. The van der Waals surface area contributed by atoms with Crippen LogP contribution in [0.4, 0.5) is 8.78 Å². The minimum absolute atomic E-state index is 0.0185. The third kappa shape index (κ3) is 8.90. The molecule has 3 aliphatic heterocycles. The number of Topliss-reactive ketones (excluding diaryl/α,β-unsaturated/α-hetero) is 4. The summed E-state index contributed by atoms with van der Waals surface area (Å²) in [5, 5.41) is 0. The Morgan fingerprint density at radius 3 is 2.09 bits per heavy atom. The van der Waals surface area contributed by atoms with Crippen molar-refractivity contribution in [2.24, 2.45) is 58.2 Å². The van der Waals surface area contributed by atoms with Crippen molar-refractivity contribution < 1.29 is 42.3 Å². The van der Waals surface area contributed by atoms with Crippen molar-refractivity contribution in [3.8, 4) is 0 Å². The molecule has 3 saturated carbocycles. The number of hydrogen-bond acceptors (Lipinski definition) is 7. The summed E-state index contributed by atoms with van der Waals surface area (Å²) in [4.78, 5) is 98.6. The Hall–Kier alpha value is -2.85. The van der Waals surface area contributed by atoms with E-state index in [4.69, 9.17) is 0 Å². The van der Waals surface area contributed by atoms with E-state index in [1.807, 2.05) is 20.8 Å². The van der Waals surface area contributed by atoms with Crippen LogP contribution in [0.5, 0.6) is 0 Å². The maximum absolute atomic E-state index is 15.4. The minimum atomic E-state index is -3.04. The van der Waals surface area contributed by atoms with E-state index in [1.165, 1.54) is 9.80 Å². The molecule has 3 saturated heterocycles. The van der Waals surface area contributed by atoms with Crippen LogP contribution in [0, 0.1) is 58.2 Å². The number of hydrogen-bond donors (Lipinski definition) is 0. The first kappa shape index (κ1) is 40.8. The first-order valence-electron chi connectivity index (χ1n) is 20.9. The second kappa shape index (κ2) is 15.6. The zero-order valence-corrected chi connectivity index (χ0v) is 33.1. The summed E-state index contributed by atoms with van der Waals surface area (Å²) >= 11 is 0. The van der Waals surface area contributed by atoms with Gasteiger partial charge in [0.05, 0.1) is 6.04 Å². The molecule has 3 aliphatic carbocycles. The molecule has 8 atom stereocenters. The highest BCUT2D eigenvalue weighted by molar-refractivity contribution is 6.38. The molecule has 300 valence electrons. The Bertz CT molecular complexity index is 1510. The van der Waals surface area contributed by atoms with E-state index >= 15 is 8.78 Å². The molecule has 0 aromatic carbocycles. The number of halogens is 2. The molecule has 0 aromatic rings. The monoisotopic (exact) mass is 756 g/mol. The SMILES string of the molecule is CC(C)(C)[C@H](CC(=O)C[C@H]1CCC(F)(F)CCCCCC[C@@H](C(=O)C(=O)CC2CC2)CC(=O)[C@@H]2[C@@H]3[C@H](CN2C1=O)C3(C)C)CN1C(=O)C2CCC(C2)C1=O. The van der Waals surface area contributed by atoms with Gasteiger partial charge < -0.3 is 4.90 Å². The van der Waals surface area contributed by atoms with Crippen LogP contribution in [0.3, 0.4) is 0 Å². The van der Waals surface area contributed by atoms with E-state index in [-0.39, 0.29) is 116 Å². The molecule has 0 radical (unpaired) electrons. The van der Waals surface area contributed by atoms with Crippen LogP contribution in [0.2, 0.25) is 0 Å². The second-order valence-electron chi connectivity index (χ2n) is 19.7. The van der Waals surface area contributed by atoms with Crippen molar-refractivity contribution in [1.29, 1.82) is 0 Å². The second-order valence-corrected chi connectivity index (χ2v) is 19.7. The average molecular weight is 757 g/mol. The molecular weight excluding hydrogens is 694 g/mol. The fourth-order valence-electron chi connectivity index (χ4n) is 10.3. The summed E-state index contributed by atoms with van der Waals surface area (Å²) in [7, 11) is 0. The van der Waals surface area contributed by atoms with E-state index < -0.39 is 59.0 Å². The third-order valence-corrected chi connectivity index (χ3v) is 14.4. The standard InChI is InChI=1S/C43H62F2N2O7/c1-41(2,3)30(23-47-39(53)27-13-14-28(19-27)40(47)54)22-31(48)20-29-15-17-43(44,45)16-9-7-6-8-10-26(37(51)34(50)18-25-11-12-25)21-33(49)36-35-32(42(35,4)5)24-46(36)38(29)52/h25-30,32,35-36H,6-24H2,1-5H3/t26-,27?,28?,29-,30-,32+,35+,36-/m1/s1. The number of rotatable bonds is 10. The molecule has 2 bridgehead atoms. The van der Waals surface area contributed by atoms with Crippen molar-refractivity contribution in [1.82, 2.24) is 9.80 Å². The summed E-state index contributed by atoms with van der Waals surface area (Å²) in [6, 6.07) is -0.842. The molecular formula is C43H62F2N2O7. The molecule has 6 rings (SSSR count). The van der Waals surface area contributed by atoms with Gasteiger partial charge in [-0.2, -0.15) is 0 Å². The van der Waals surface area contributed by atoms with Crippen LogP contribution in [-0.4, -0.2) is 75.7 Å². The highest BCUT2D eigenvalue weighted by Gasteiger charge is 2.69. The third-order valence-electron chi connectivity index (χ3n) is 14.4. The smallest absolute Gasteiger partial charge is 0.248 e. The number of fused-ring (bicyclic) bond motifs is 5. The lowest BCUT2D eigenvalue weighted by atomic mass is 9.76. The fraction of sp³-hybridized carbons (Fsp3) is 0.837. The quantitative estimate of drug-likeness (QED) is 0.171. The number of likely N-dealkylation sites (tertiary alicyclic amines) is 1. The largest absolute Gasteiger partial charge is 0.332 e. The minimum Gasteiger partial charge on any atom is -0.332 e. The normalized spacial score (nSPS) is 33.6. The van der Waals surface area contributed by atoms with Gasteiger partial charge in [-0.25, -0.2) is 8.78 Å². The molecule has 0 aromatic heterocycles. The van der Waals surface area contributed by atoms with Gasteiger partial charge in [-0.15, -0.1) is 0 Å². The van der Waals surface area contributed by atoms with Crippen LogP contribution in [-0.2, 0) is 33.6 Å². The van der Waals surface area contributed by atoms with Crippen LogP contribution in [0.25, 0.3) is 0 Å². The van der Waals surface area contributed by atoms with Crippen LogP contribution < -0.4 is 0 Å². The van der Waals surface area contributed by atoms with E-state index in [2.05, 4.69) is 13.8 Å². The number of carbonyl (C=O) groups is 7. The molecule has 3 heterocycles. The molecule has 0 spiro atoms. The molecule has 0 N–H and O–H groups in total. The van der Waals surface area contributed by atoms with Crippen LogP contribution in [0.1, 0.15) is 144 Å². The van der Waals surface area contributed by atoms with E-state index in [0.717, 1.165) is 12.8 Å². The van der Waals surface area contributed by atoms with Crippen molar-refractivity contribution >= 4 is 40.9 Å². The van der Waals surface area contributed by atoms with Crippen molar-refractivity contribution in [3.63, 3.8) is 0 Å². The number of carbonyl (C=O) groups excluding carboxylic acids is 7. The van der Waals surface area contributed by atoms with Crippen molar-refractivity contribution in [2.75, 3.05) is 13.1 Å². The zero-order chi connectivity index (χ0) is 39.3. The zero-order valence-electron chi connectivity index (χ0n) is 33.1. The summed E-state index contributed by atoms with van der Waals surface area (Å²) in [6.07, 6.45) is 4.73. The maximum atomic E-state index is 15.4.